The number of rotatable bonds is 6. The summed E-state index contributed by atoms with van der Waals surface area (Å²) >= 11 is 0. The maximum absolute atomic E-state index is 14.3. The topological polar surface area (TPSA) is 108 Å². The Morgan fingerprint density at radius 2 is 2.00 bits per heavy atom. The number of para-hydroxylation sites is 1. The Balaban J connectivity index is 1.55. The maximum Gasteiger partial charge on any atom is 0.259 e. The number of hydrogen-bond acceptors (Lipinski definition) is 7. The number of benzene rings is 2. The number of amides is 1. The van der Waals surface area contributed by atoms with E-state index in [1.165, 1.54) is 22.9 Å². The summed E-state index contributed by atoms with van der Waals surface area (Å²) in [7, 11) is 0. The SMILES string of the molecule is Cc1noc(C)c1COc1ccccc1C(=O)Nc1ccc(F)c(-n2nnnc2C)c1. The molecule has 0 fully saturated rings. The van der Waals surface area contributed by atoms with Crippen molar-refractivity contribution >= 4 is 11.6 Å². The largest absolute Gasteiger partial charge is 0.488 e. The van der Waals surface area contributed by atoms with Crippen molar-refractivity contribution in [3.05, 3.63) is 76.7 Å². The summed E-state index contributed by atoms with van der Waals surface area (Å²) in [6.07, 6.45) is 0. The molecule has 4 rings (SSSR count). The Labute approximate surface area is 176 Å². The van der Waals surface area contributed by atoms with Gasteiger partial charge in [0.15, 0.2) is 5.82 Å². The van der Waals surface area contributed by atoms with Gasteiger partial charge in [-0.1, -0.05) is 17.3 Å². The number of nitrogens with one attached hydrogen (secondary N) is 1. The van der Waals surface area contributed by atoms with Crippen LogP contribution < -0.4 is 10.1 Å². The lowest BCUT2D eigenvalue weighted by Gasteiger charge is -2.12. The fraction of sp³-hybridized carbons (Fsp3) is 0.190. The minimum Gasteiger partial charge on any atom is -0.488 e. The quantitative estimate of drug-likeness (QED) is 0.506. The van der Waals surface area contributed by atoms with E-state index in [1.54, 1.807) is 38.1 Å². The average molecular weight is 422 g/mol. The van der Waals surface area contributed by atoms with Gasteiger partial charge >= 0.3 is 0 Å². The fourth-order valence-corrected chi connectivity index (χ4v) is 3.04. The Morgan fingerprint density at radius 3 is 2.71 bits per heavy atom. The summed E-state index contributed by atoms with van der Waals surface area (Å²) < 4.78 is 26.5. The van der Waals surface area contributed by atoms with Gasteiger partial charge in [0.1, 0.15) is 29.6 Å². The van der Waals surface area contributed by atoms with Crippen LogP contribution in [0.2, 0.25) is 0 Å². The molecule has 2 aromatic carbocycles. The van der Waals surface area contributed by atoms with Crippen molar-refractivity contribution in [2.24, 2.45) is 0 Å². The molecule has 0 saturated carbocycles. The molecule has 0 radical (unpaired) electrons. The molecule has 9 nitrogen and oxygen atoms in total. The molecule has 0 aliphatic carbocycles. The van der Waals surface area contributed by atoms with Crippen LogP contribution in [0, 0.1) is 26.6 Å². The molecular formula is C21H19FN6O3. The van der Waals surface area contributed by atoms with Crippen LogP contribution in [0.25, 0.3) is 5.69 Å². The molecule has 0 bridgehead atoms. The first-order valence-electron chi connectivity index (χ1n) is 9.44. The van der Waals surface area contributed by atoms with E-state index < -0.39 is 11.7 Å². The lowest BCUT2D eigenvalue weighted by atomic mass is 10.1. The smallest absolute Gasteiger partial charge is 0.259 e. The first kappa shape index (κ1) is 20.2. The number of tetrazole rings is 1. The zero-order chi connectivity index (χ0) is 22.0. The van der Waals surface area contributed by atoms with Gasteiger partial charge < -0.3 is 14.6 Å². The number of halogens is 1. The first-order valence-corrected chi connectivity index (χ1v) is 9.44. The molecule has 0 aliphatic heterocycles. The molecule has 0 saturated heterocycles. The number of anilines is 1. The fourth-order valence-electron chi connectivity index (χ4n) is 3.04. The van der Waals surface area contributed by atoms with Crippen LogP contribution in [-0.4, -0.2) is 31.3 Å². The van der Waals surface area contributed by atoms with Crippen LogP contribution in [0.4, 0.5) is 10.1 Å². The second kappa shape index (κ2) is 8.34. The number of hydrogen-bond donors (Lipinski definition) is 1. The number of aromatic nitrogens is 5. The van der Waals surface area contributed by atoms with Crippen LogP contribution in [0.5, 0.6) is 5.75 Å². The summed E-state index contributed by atoms with van der Waals surface area (Å²) in [5, 5.41) is 17.7. The molecule has 10 heteroatoms. The van der Waals surface area contributed by atoms with Crippen molar-refractivity contribution in [2.75, 3.05) is 5.32 Å². The lowest BCUT2D eigenvalue weighted by molar-refractivity contribution is 0.102. The summed E-state index contributed by atoms with van der Waals surface area (Å²) in [6.45, 7) is 5.49. The molecule has 0 aliphatic rings. The van der Waals surface area contributed by atoms with Crippen molar-refractivity contribution in [1.29, 1.82) is 0 Å². The van der Waals surface area contributed by atoms with E-state index in [2.05, 4.69) is 26.0 Å². The summed E-state index contributed by atoms with van der Waals surface area (Å²) in [5.74, 6) is 0.562. The first-order chi connectivity index (χ1) is 14.9. The van der Waals surface area contributed by atoms with Gasteiger partial charge in [-0.25, -0.2) is 4.39 Å². The Morgan fingerprint density at radius 1 is 1.19 bits per heavy atom. The Kier molecular flexibility index (Phi) is 5.44. The van der Waals surface area contributed by atoms with Gasteiger partial charge in [-0.15, -0.1) is 5.10 Å². The second-order valence-corrected chi connectivity index (χ2v) is 6.85. The molecule has 0 atom stereocenters. The highest BCUT2D eigenvalue weighted by molar-refractivity contribution is 6.06. The average Bonchev–Trinajstić information content (AvgIpc) is 3.33. The van der Waals surface area contributed by atoms with E-state index >= 15 is 0 Å². The lowest BCUT2D eigenvalue weighted by Crippen LogP contribution is -2.14. The van der Waals surface area contributed by atoms with Gasteiger partial charge in [-0.05, 0) is 61.5 Å². The highest BCUT2D eigenvalue weighted by Crippen LogP contribution is 2.24. The van der Waals surface area contributed by atoms with Crippen LogP contribution in [0.3, 0.4) is 0 Å². The third kappa shape index (κ3) is 4.13. The van der Waals surface area contributed by atoms with E-state index in [0.717, 1.165) is 11.3 Å². The van der Waals surface area contributed by atoms with Crippen molar-refractivity contribution in [1.82, 2.24) is 25.4 Å². The second-order valence-electron chi connectivity index (χ2n) is 6.85. The molecule has 31 heavy (non-hydrogen) atoms. The monoisotopic (exact) mass is 422 g/mol. The molecule has 0 unspecified atom stereocenters. The number of carbonyl (C=O) groups excluding carboxylic acids is 1. The van der Waals surface area contributed by atoms with Gasteiger partial charge in [0.25, 0.3) is 5.91 Å². The van der Waals surface area contributed by atoms with Gasteiger partial charge in [0.2, 0.25) is 0 Å². The van der Waals surface area contributed by atoms with Crippen LogP contribution in [-0.2, 0) is 6.61 Å². The Hall–Kier alpha value is -4.08. The van der Waals surface area contributed by atoms with Crippen LogP contribution in [0.1, 0.15) is 33.2 Å². The normalized spacial score (nSPS) is 10.8. The van der Waals surface area contributed by atoms with Crippen LogP contribution >= 0.6 is 0 Å². The zero-order valence-corrected chi connectivity index (χ0v) is 17.1. The number of aryl methyl sites for hydroxylation is 3. The molecule has 158 valence electrons. The number of ether oxygens (including phenoxy) is 1. The van der Waals surface area contributed by atoms with Crippen LogP contribution in [0.15, 0.2) is 47.0 Å². The zero-order valence-electron chi connectivity index (χ0n) is 17.1. The van der Waals surface area contributed by atoms with Gasteiger partial charge in [-0.2, -0.15) is 4.68 Å². The molecule has 0 spiro atoms. The summed E-state index contributed by atoms with van der Waals surface area (Å²) in [4.78, 5) is 12.9. The van der Waals surface area contributed by atoms with Gasteiger partial charge in [0.05, 0.1) is 16.8 Å². The number of nitrogens with zero attached hydrogens (tertiary/aromatic N) is 5. The molecule has 1 N–H and O–H groups in total. The molecule has 1 amide bonds. The minimum atomic E-state index is -0.517. The van der Waals surface area contributed by atoms with Crippen molar-refractivity contribution < 1.29 is 18.4 Å². The van der Waals surface area contributed by atoms with Crippen molar-refractivity contribution in [3.63, 3.8) is 0 Å². The predicted octanol–water partition coefficient (Wildman–Crippen LogP) is 3.55. The minimum absolute atomic E-state index is 0.128. The van der Waals surface area contributed by atoms with Crippen molar-refractivity contribution in [2.45, 2.75) is 27.4 Å². The highest BCUT2D eigenvalue weighted by atomic mass is 19.1. The maximum atomic E-state index is 14.3. The van der Waals surface area contributed by atoms with E-state index in [-0.39, 0.29) is 12.3 Å². The van der Waals surface area contributed by atoms with E-state index in [1.807, 2.05) is 6.92 Å². The predicted molar refractivity (Wildman–Crippen MR) is 109 cm³/mol. The number of carbonyl (C=O) groups is 1. The third-order valence-electron chi connectivity index (χ3n) is 4.74. The molecule has 2 heterocycles. The molecule has 4 aromatic rings. The van der Waals surface area contributed by atoms with Crippen molar-refractivity contribution in [3.8, 4) is 11.4 Å². The van der Waals surface area contributed by atoms with E-state index in [4.69, 9.17) is 9.26 Å². The van der Waals surface area contributed by atoms with Gasteiger partial charge in [0, 0.05) is 5.69 Å². The standard InChI is InChI=1S/C21H19FN6O3/c1-12-17(13(2)31-25-12)11-30-20-7-5-4-6-16(20)21(29)23-15-8-9-18(22)19(10-15)28-14(3)24-26-27-28/h4-10H,11H2,1-3H3,(H,23,29). The third-order valence-corrected chi connectivity index (χ3v) is 4.74. The molecule has 2 aromatic heterocycles. The van der Waals surface area contributed by atoms with E-state index in [9.17, 15) is 9.18 Å². The van der Waals surface area contributed by atoms with Gasteiger partial charge in [-0.3, -0.25) is 4.79 Å². The highest BCUT2D eigenvalue weighted by Gasteiger charge is 2.17. The summed E-state index contributed by atoms with van der Waals surface area (Å²) in [5.41, 5.74) is 2.41. The summed E-state index contributed by atoms with van der Waals surface area (Å²) in [6, 6.07) is 11.0. The Bertz CT molecular complexity index is 1230. The molecular weight excluding hydrogens is 403 g/mol. The van der Waals surface area contributed by atoms with E-state index in [0.29, 0.717) is 28.6 Å².